The number of Topliss-reactive ketones (excluding diaryl/α,β-unsaturated/α-hetero) is 1. The van der Waals surface area contributed by atoms with Crippen molar-refractivity contribution in [2.45, 2.75) is 94.5 Å². The molecule has 2 aliphatic carbocycles. The Morgan fingerprint density at radius 3 is 2.30 bits per heavy atom. The molecule has 4 aliphatic rings. The van der Waals surface area contributed by atoms with Gasteiger partial charge in [0.25, 0.3) is 0 Å². The maximum absolute atomic E-state index is 13.9. The first-order valence-electron chi connectivity index (χ1n) is 15.8. The van der Waals surface area contributed by atoms with Crippen LogP contribution in [0.5, 0.6) is 5.75 Å². The molecule has 0 aromatic heterocycles. The Hall–Kier alpha value is -3.02. The minimum atomic E-state index is -0.947. The first kappa shape index (κ1) is 31.4. The lowest BCUT2D eigenvalue weighted by Crippen LogP contribution is -2.58. The lowest BCUT2D eigenvalue weighted by atomic mass is 9.90. The van der Waals surface area contributed by atoms with E-state index in [4.69, 9.17) is 14.2 Å². The van der Waals surface area contributed by atoms with Crippen molar-refractivity contribution >= 4 is 23.5 Å². The Balaban J connectivity index is 1.29. The van der Waals surface area contributed by atoms with Crippen LogP contribution < -0.4 is 26.0 Å². The Bertz CT molecular complexity index is 1140. The maximum Gasteiger partial charge on any atom is 0.243 e. The van der Waals surface area contributed by atoms with E-state index in [0.717, 1.165) is 50.6 Å². The van der Waals surface area contributed by atoms with Crippen molar-refractivity contribution in [3.8, 4) is 5.75 Å². The first-order valence-corrected chi connectivity index (χ1v) is 15.8. The number of carbonyl (C=O) groups is 4. The van der Waals surface area contributed by atoms with Crippen LogP contribution >= 0.6 is 0 Å². The molecular weight excluding hydrogens is 552 g/mol. The SMILES string of the molecule is COc1ccc(C[C@H](NC(=O)[C@@H](NC(=O)CC2CNCCO2)C2CC2)C(=O)N[C@@H](CC2CCCC2)C(=O)[C@@]2(C)CO2)cc1. The van der Waals surface area contributed by atoms with Crippen molar-refractivity contribution in [1.29, 1.82) is 0 Å². The van der Waals surface area contributed by atoms with Gasteiger partial charge in [-0.2, -0.15) is 0 Å². The molecule has 2 heterocycles. The van der Waals surface area contributed by atoms with Crippen LogP contribution in [0.4, 0.5) is 0 Å². The minimum Gasteiger partial charge on any atom is -0.497 e. The van der Waals surface area contributed by atoms with Gasteiger partial charge in [0.15, 0.2) is 5.78 Å². The third kappa shape index (κ3) is 8.77. The van der Waals surface area contributed by atoms with Crippen LogP contribution in [0.15, 0.2) is 24.3 Å². The first-order chi connectivity index (χ1) is 20.7. The summed E-state index contributed by atoms with van der Waals surface area (Å²) in [6.07, 6.45) is 6.67. The summed E-state index contributed by atoms with van der Waals surface area (Å²) >= 11 is 0. The van der Waals surface area contributed by atoms with Crippen molar-refractivity contribution in [3.05, 3.63) is 29.8 Å². The van der Waals surface area contributed by atoms with Crippen molar-refractivity contribution in [2.75, 3.05) is 33.4 Å². The molecule has 43 heavy (non-hydrogen) atoms. The van der Waals surface area contributed by atoms with E-state index in [2.05, 4.69) is 21.3 Å². The highest BCUT2D eigenvalue weighted by Crippen LogP contribution is 2.34. The molecule has 0 spiro atoms. The quantitative estimate of drug-likeness (QED) is 0.222. The minimum absolute atomic E-state index is 0.0164. The van der Waals surface area contributed by atoms with Gasteiger partial charge in [0.05, 0.1) is 38.9 Å². The van der Waals surface area contributed by atoms with Crippen LogP contribution in [0.1, 0.15) is 63.9 Å². The monoisotopic (exact) mass is 598 g/mol. The lowest BCUT2D eigenvalue weighted by Gasteiger charge is -2.27. The number of nitrogens with one attached hydrogen (secondary N) is 4. The number of carbonyl (C=O) groups excluding carboxylic acids is 4. The Morgan fingerprint density at radius 2 is 1.70 bits per heavy atom. The van der Waals surface area contributed by atoms with Crippen molar-refractivity contribution in [3.63, 3.8) is 0 Å². The van der Waals surface area contributed by atoms with Gasteiger partial charge < -0.3 is 35.5 Å². The summed E-state index contributed by atoms with van der Waals surface area (Å²) in [5.41, 5.74) is -0.0455. The number of hydrogen-bond donors (Lipinski definition) is 4. The second-order valence-corrected chi connectivity index (χ2v) is 12.7. The summed E-state index contributed by atoms with van der Waals surface area (Å²) in [7, 11) is 1.58. The number of amides is 3. The zero-order valence-corrected chi connectivity index (χ0v) is 25.3. The van der Waals surface area contributed by atoms with Crippen LogP contribution in [0.3, 0.4) is 0 Å². The third-order valence-electron chi connectivity index (χ3n) is 9.12. The zero-order chi connectivity index (χ0) is 30.4. The molecule has 2 aliphatic heterocycles. The topological polar surface area (TPSA) is 147 Å². The van der Waals surface area contributed by atoms with Gasteiger partial charge in [0, 0.05) is 19.5 Å². The highest BCUT2D eigenvalue weighted by Gasteiger charge is 2.50. The standard InChI is InChI=1S/C32H46N4O7/c1-32(19-43-32)29(38)25(15-20-5-3-4-6-20)34-30(39)26(16-21-7-11-23(41-2)12-8-21)35-31(40)28(22-9-10-22)36-27(37)17-24-18-33-13-14-42-24/h7-8,11-12,20,22,24-26,28,33H,3-6,9-10,13-19H2,1-2H3,(H,34,39)(H,35,40)(H,36,37)/t24?,25-,26-,28-,32+/m0/s1. The fourth-order valence-corrected chi connectivity index (χ4v) is 6.19. The average Bonchev–Trinajstić information content (AvgIpc) is 3.94. The lowest BCUT2D eigenvalue weighted by molar-refractivity contribution is -0.135. The molecule has 2 saturated carbocycles. The summed E-state index contributed by atoms with van der Waals surface area (Å²) in [4.78, 5) is 53.8. The predicted octanol–water partition coefficient (Wildman–Crippen LogP) is 1.42. The number of ketones is 1. The molecule has 2 saturated heterocycles. The summed E-state index contributed by atoms with van der Waals surface area (Å²) in [6.45, 7) is 3.99. The van der Waals surface area contributed by atoms with E-state index < -0.39 is 35.5 Å². The van der Waals surface area contributed by atoms with E-state index in [9.17, 15) is 19.2 Å². The van der Waals surface area contributed by atoms with E-state index in [0.29, 0.717) is 37.8 Å². The van der Waals surface area contributed by atoms with E-state index in [1.165, 1.54) is 0 Å². The number of rotatable bonds is 15. The van der Waals surface area contributed by atoms with Gasteiger partial charge in [0.2, 0.25) is 17.7 Å². The largest absolute Gasteiger partial charge is 0.497 e. The van der Waals surface area contributed by atoms with Gasteiger partial charge >= 0.3 is 0 Å². The van der Waals surface area contributed by atoms with Crippen LogP contribution in [0.25, 0.3) is 0 Å². The van der Waals surface area contributed by atoms with Crippen molar-refractivity contribution in [1.82, 2.24) is 21.3 Å². The molecule has 236 valence electrons. The molecule has 5 atom stereocenters. The predicted molar refractivity (Wildman–Crippen MR) is 158 cm³/mol. The van der Waals surface area contributed by atoms with E-state index in [-0.39, 0.29) is 36.6 Å². The smallest absolute Gasteiger partial charge is 0.243 e. The Morgan fingerprint density at radius 1 is 1.00 bits per heavy atom. The van der Waals surface area contributed by atoms with Gasteiger partial charge in [-0.05, 0) is 55.7 Å². The zero-order valence-electron chi connectivity index (χ0n) is 25.3. The number of benzene rings is 1. The van der Waals surface area contributed by atoms with Gasteiger partial charge in [-0.25, -0.2) is 0 Å². The fraction of sp³-hybridized carbons (Fsp3) is 0.688. The highest BCUT2D eigenvalue weighted by atomic mass is 16.6. The fourth-order valence-electron chi connectivity index (χ4n) is 6.19. The van der Waals surface area contributed by atoms with Crippen molar-refractivity contribution < 1.29 is 33.4 Å². The van der Waals surface area contributed by atoms with Crippen molar-refractivity contribution in [2.24, 2.45) is 11.8 Å². The van der Waals surface area contributed by atoms with Gasteiger partial charge in [-0.1, -0.05) is 37.8 Å². The summed E-state index contributed by atoms with van der Waals surface area (Å²) in [5.74, 6) is -0.133. The maximum atomic E-state index is 13.9. The van der Waals surface area contributed by atoms with Gasteiger partial charge in [-0.15, -0.1) is 0 Å². The van der Waals surface area contributed by atoms with Gasteiger partial charge in [-0.3, -0.25) is 19.2 Å². The Labute approximate surface area is 253 Å². The van der Waals surface area contributed by atoms with E-state index >= 15 is 0 Å². The number of morpholine rings is 1. The second-order valence-electron chi connectivity index (χ2n) is 12.7. The highest BCUT2D eigenvalue weighted by molar-refractivity contribution is 5.98. The normalized spacial score (nSPS) is 25.7. The Kier molecular flexibility index (Phi) is 10.4. The van der Waals surface area contributed by atoms with E-state index in [1.807, 2.05) is 12.1 Å². The molecule has 11 nitrogen and oxygen atoms in total. The number of hydrogen-bond acceptors (Lipinski definition) is 8. The molecule has 5 rings (SSSR count). The number of ether oxygens (including phenoxy) is 3. The summed E-state index contributed by atoms with van der Waals surface area (Å²) < 4.78 is 16.4. The molecular formula is C32H46N4O7. The second kappa shape index (κ2) is 14.2. The molecule has 0 bridgehead atoms. The summed E-state index contributed by atoms with van der Waals surface area (Å²) in [6, 6.07) is 4.93. The molecule has 1 unspecified atom stereocenters. The average molecular weight is 599 g/mol. The molecule has 3 amide bonds. The molecule has 4 fully saturated rings. The molecule has 11 heteroatoms. The van der Waals surface area contributed by atoms with Crippen LogP contribution in [0.2, 0.25) is 0 Å². The molecule has 4 N–H and O–H groups in total. The van der Waals surface area contributed by atoms with Crippen LogP contribution in [-0.4, -0.2) is 86.7 Å². The number of methoxy groups -OCH3 is 1. The van der Waals surface area contributed by atoms with E-state index in [1.54, 1.807) is 26.2 Å². The molecule has 0 radical (unpaired) electrons. The molecule has 1 aromatic carbocycles. The third-order valence-corrected chi connectivity index (χ3v) is 9.12. The molecule has 1 aromatic rings. The van der Waals surface area contributed by atoms with Crippen LogP contribution in [-0.2, 0) is 35.1 Å². The summed E-state index contributed by atoms with van der Waals surface area (Å²) in [5, 5.41) is 12.0. The van der Waals surface area contributed by atoms with Crippen LogP contribution in [0, 0.1) is 11.8 Å². The number of epoxide rings is 1. The van der Waals surface area contributed by atoms with Gasteiger partial charge in [0.1, 0.15) is 23.4 Å².